The monoisotopic (exact) mass is 488 g/mol. The number of anilines is 2. The summed E-state index contributed by atoms with van der Waals surface area (Å²) in [5.74, 6) is 1.48. The molecule has 0 atom stereocenters. The number of nitrogen functional groups attached to an aromatic ring is 1. The zero-order valence-electron chi connectivity index (χ0n) is 21.0. The summed E-state index contributed by atoms with van der Waals surface area (Å²) in [7, 11) is 1.71. The van der Waals surface area contributed by atoms with Gasteiger partial charge in [-0.15, -0.1) is 0 Å². The normalized spacial score (nSPS) is 11.2. The number of nitrogens with zero attached hydrogens (tertiary/aromatic N) is 3. The number of nitrogens with one attached hydrogen (secondary N) is 2. The van der Waals surface area contributed by atoms with Crippen LogP contribution in [0.1, 0.15) is 44.3 Å². The number of amides is 2. The molecule has 0 aliphatic rings. The number of aromatic nitrogens is 3. The first-order valence-electron chi connectivity index (χ1n) is 12.8. The lowest BCUT2D eigenvalue weighted by atomic mass is 10.1. The summed E-state index contributed by atoms with van der Waals surface area (Å²) in [5.41, 5.74) is 9.83. The summed E-state index contributed by atoms with van der Waals surface area (Å²) in [6, 6.07) is 17.4. The van der Waals surface area contributed by atoms with E-state index in [9.17, 15) is 4.79 Å². The molecule has 0 unspecified atom stereocenters. The number of ether oxygens (including phenoxy) is 1. The van der Waals surface area contributed by atoms with Crippen molar-refractivity contribution in [1.29, 1.82) is 0 Å². The number of urea groups is 1. The fraction of sp³-hybridized carbons (Fsp3) is 0.393. The molecule has 8 heteroatoms. The SMILES string of the molecule is COCCc1nc2c(N)nc3ccccc3c2n1CCCCCCCCNC(=O)Nc1ccccc1. The molecule has 0 radical (unpaired) electrons. The Morgan fingerprint density at radius 3 is 2.47 bits per heavy atom. The largest absolute Gasteiger partial charge is 0.384 e. The van der Waals surface area contributed by atoms with Gasteiger partial charge < -0.3 is 25.7 Å². The van der Waals surface area contributed by atoms with Crippen molar-refractivity contribution >= 4 is 39.5 Å². The zero-order valence-corrected chi connectivity index (χ0v) is 21.0. The molecule has 2 amide bonds. The smallest absolute Gasteiger partial charge is 0.319 e. The van der Waals surface area contributed by atoms with E-state index < -0.39 is 0 Å². The average molecular weight is 489 g/mol. The molecule has 0 fully saturated rings. The summed E-state index contributed by atoms with van der Waals surface area (Å²) in [6.45, 7) is 2.20. The molecular formula is C28H36N6O2. The lowest BCUT2D eigenvalue weighted by Gasteiger charge is -2.11. The minimum Gasteiger partial charge on any atom is -0.384 e. The van der Waals surface area contributed by atoms with E-state index in [1.165, 1.54) is 6.42 Å². The van der Waals surface area contributed by atoms with Crippen LogP contribution < -0.4 is 16.4 Å². The van der Waals surface area contributed by atoms with E-state index in [0.29, 0.717) is 19.0 Å². The highest BCUT2D eigenvalue weighted by Crippen LogP contribution is 2.29. The minimum atomic E-state index is -0.151. The lowest BCUT2D eigenvalue weighted by Crippen LogP contribution is -2.29. The van der Waals surface area contributed by atoms with Crippen molar-refractivity contribution < 1.29 is 9.53 Å². The van der Waals surface area contributed by atoms with Gasteiger partial charge in [0.2, 0.25) is 0 Å². The molecule has 0 bridgehead atoms. The van der Waals surface area contributed by atoms with Crippen LogP contribution in [0.25, 0.3) is 21.9 Å². The van der Waals surface area contributed by atoms with Crippen molar-refractivity contribution in [2.45, 2.75) is 51.5 Å². The molecule has 8 nitrogen and oxygen atoms in total. The van der Waals surface area contributed by atoms with Crippen LogP contribution in [0, 0.1) is 0 Å². The quantitative estimate of drug-likeness (QED) is 0.215. The third-order valence-corrected chi connectivity index (χ3v) is 6.34. The standard InChI is InChI=1S/C28H36N6O2/c1-36-20-17-24-33-25-26(22-15-9-10-16-23(22)32-27(25)29)34(24)19-12-5-3-2-4-11-18-30-28(35)31-21-13-7-6-8-14-21/h6-10,13-16H,2-5,11-12,17-20H2,1H3,(H2,29,32)(H2,30,31,35). The van der Waals surface area contributed by atoms with Crippen molar-refractivity contribution in [1.82, 2.24) is 19.9 Å². The van der Waals surface area contributed by atoms with Gasteiger partial charge >= 0.3 is 6.03 Å². The second-order valence-electron chi connectivity index (χ2n) is 9.00. The molecule has 36 heavy (non-hydrogen) atoms. The second-order valence-corrected chi connectivity index (χ2v) is 9.00. The summed E-state index contributed by atoms with van der Waals surface area (Å²) >= 11 is 0. The highest BCUT2D eigenvalue weighted by Gasteiger charge is 2.16. The van der Waals surface area contributed by atoms with Crippen molar-refractivity contribution in [3.8, 4) is 0 Å². The average Bonchev–Trinajstić information content (AvgIpc) is 3.26. The Hall–Kier alpha value is -3.65. The van der Waals surface area contributed by atoms with Crippen molar-refractivity contribution in [3.63, 3.8) is 0 Å². The summed E-state index contributed by atoms with van der Waals surface area (Å²) in [6.07, 6.45) is 7.36. The van der Waals surface area contributed by atoms with Crippen LogP contribution in [0.2, 0.25) is 0 Å². The molecule has 190 valence electrons. The maximum Gasteiger partial charge on any atom is 0.319 e. The fourth-order valence-corrected chi connectivity index (χ4v) is 4.53. The van der Waals surface area contributed by atoms with E-state index in [1.807, 2.05) is 48.5 Å². The Morgan fingerprint density at radius 2 is 1.67 bits per heavy atom. The van der Waals surface area contributed by atoms with Gasteiger partial charge in [-0.25, -0.2) is 14.8 Å². The maximum atomic E-state index is 11.9. The number of nitrogens with two attached hydrogens (primary N) is 1. The molecule has 0 spiro atoms. The Labute approximate surface area is 212 Å². The minimum absolute atomic E-state index is 0.151. The third-order valence-electron chi connectivity index (χ3n) is 6.34. The number of imidazole rings is 1. The van der Waals surface area contributed by atoms with Gasteiger partial charge in [-0.3, -0.25) is 0 Å². The number of benzene rings is 2. The number of hydrogen-bond acceptors (Lipinski definition) is 5. The highest BCUT2D eigenvalue weighted by atomic mass is 16.5. The van der Waals surface area contributed by atoms with Crippen LogP contribution in [-0.4, -0.2) is 40.8 Å². The fourth-order valence-electron chi connectivity index (χ4n) is 4.53. The number of methoxy groups -OCH3 is 1. The maximum absolute atomic E-state index is 11.9. The van der Waals surface area contributed by atoms with E-state index in [0.717, 1.165) is 78.5 Å². The van der Waals surface area contributed by atoms with Crippen molar-refractivity contribution in [2.24, 2.45) is 0 Å². The van der Waals surface area contributed by atoms with E-state index in [1.54, 1.807) is 7.11 Å². The first-order valence-corrected chi connectivity index (χ1v) is 12.8. The predicted octanol–water partition coefficient (Wildman–Crippen LogP) is 5.52. The van der Waals surface area contributed by atoms with Crippen LogP contribution in [0.15, 0.2) is 54.6 Å². The van der Waals surface area contributed by atoms with Gasteiger partial charge in [-0.1, -0.05) is 62.1 Å². The van der Waals surface area contributed by atoms with Crippen molar-refractivity contribution in [3.05, 3.63) is 60.4 Å². The van der Waals surface area contributed by atoms with E-state index in [2.05, 4.69) is 26.3 Å². The Balaban J connectivity index is 1.24. The molecule has 4 aromatic rings. The van der Waals surface area contributed by atoms with E-state index in [-0.39, 0.29) is 6.03 Å². The number of carbonyl (C=O) groups excluding carboxylic acids is 1. The molecule has 0 saturated carbocycles. The van der Waals surface area contributed by atoms with E-state index in [4.69, 9.17) is 15.5 Å². The van der Waals surface area contributed by atoms with Crippen LogP contribution in [-0.2, 0) is 17.7 Å². The Morgan fingerprint density at radius 1 is 0.944 bits per heavy atom. The number of hydrogen-bond donors (Lipinski definition) is 3. The van der Waals surface area contributed by atoms with Gasteiger partial charge in [0.15, 0.2) is 5.82 Å². The second kappa shape index (κ2) is 12.9. The molecule has 0 saturated heterocycles. The van der Waals surface area contributed by atoms with Gasteiger partial charge in [-0.2, -0.15) is 0 Å². The van der Waals surface area contributed by atoms with Crippen molar-refractivity contribution in [2.75, 3.05) is 31.3 Å². The lowest BCUT2D eigenvalue weighted by molar-refractivity contribution is 0.199. The molecule has 4 N–H and O–H groups in total. The summed E-state index contributed by atoms with van der Waals surface area (Å²) in [5, 5.41) is 6.85. The number of aryl methyl sites for hydroxylation is 1. The van der Waals surface area contributed by atoms with Gasteiger partial charge in [0.05, 0.1) is 17.6 Å². The molecule has 0 aliphatic carbocycles. The highest BCUT2D eigenvalue weighted by molar-refractivity contribution is 6.06. The zero-order chi connectivity index (χ0) is 25.2. The third kappa shape index (κ3) is 6.51. The topological polar surface area (TPSA) is 107 Å². The number of fused-ring (bicyclic) bond motifs is 3. The first kappa shape index (κ1) is 25.4. The Bertz CT molecular complexity index is 1270. The Kier molecular flexibility index (Phi) is 9.10. The van der Waals surface area contributed by atoms with Crippen LogP contribution in [0.5, 0.6) is 0 Å². The summed E-state index contributed by atoms with van der Waals surface area (Å²) in [4.78, 5) is 21.3. The van der Waals surface area contributed by atoms with Gasteiger partial charge in [-0.05, 0) is 31.0 Å². The number of unbranched alkanes of at least 4 members (excludes halogenated alkanes) is 5. The van der Waals surface area contributed by atoms with Gasteiger partial charge in [0.1, 0.15) is 11.3 Å². The molecule has 2 aromatic heterocycles. The van der Waals surface area contributed by atoms with E-state index >= 15 is 0 Å². The summed E-state index contributed by atoms with van der Waals surface area (Å²) < 4.78 is 7.63. The predicted molar refractivity (Wildman–Crippen MR) is 146 cm³/mol. The number of carbonyl (C=O) groups is 1. The molecular weight excluding hydrogens is 452 g/mol. The number of para-hydroxylation sites is 2. The van der Waals surface area contributed by atoms with Gasteiger partial charge in [0, 0.05) is 37.7 Å². The molecule has 0 aliphatic heterocycles. The van der Waals surface area contributed by atoms with Crippen LogP contribution in [0.4, 0.5) is 16.3 Å². The number of rotatable bonds is 13. The first-order chi connectivity index (χ1) is 17.7. The van der Waals surface area contributed by atoms with Gasteiger partial charge in [0.25, 0.3) is 0 Å². The number of pyridine rings is 1. The molecule has 2 heterocycles. The van der Waals surface area contributed by atoms with Crippen LogP contribution >= 0.6 is 0 Å². The molecule has 2 aromatic carbocycles. The molecule has 4 rings (SSSR count). The van der Waals surface area contributed by atoms with Crippen LogP contribution in [0.3, 0.4) is 0 Å².